The van der Waals surface area contributed by atoms with Gasteiger partial charge in [0.25, 0.3) is 0 Å². The van der Waals surface area contributed by atoms with Gasteiger partial charge in [0.1, 0.15) is 16.6 Å². The Labute approximate surface area is 106 Å². The molecule has 0 bridgehead atoms. The maximum atomic E-state index is 11.8. The van der Waals surface area contributed by atoms with E-state index < -0.39 is 17.9 Å². The molecule has 1 aromatic rings. The molecule has 1 fully saturated rings. The second-order valence-electron chi connectivity index (χ2n) is 3.93. The summed E-state index contributed by atoms with van der Waals surface area (Å²) in [6, 6.07) is -0.596. The third-order valence-corrected chi connectivity index (χ3v) is 3.48. The number of nitrogens with one attached hydrogen (secondary N) is 2. The van der Waals surface area contributed by atoms with Gasteiger partial charge in [-0.3, -0.25) is 9.59 Å². The minimum Gasteiger partial charge on any atom is -0.478 e. The third-order valence-electron chi connectivity index (χ3n) is 2.63. The fraction of sp³-hybridized carbons (Fsp3) is 0.400. The molecule has 1 aliphatic heterocycles. The number of aromatic nitrogens is 1. The lowest BCUT2D eigenvalue weighted by molar-refractivity contribution is -0.122. The Morgan fingerprint density at radius 1 is 1.56 bits per heavy atom. The molecule has 2 amide bonds. The number of aromatic carboxylic acids is 1. The van der Waals surface area contributed by atoms with Gasteiger partial charge in [0, 0.05) is 6.42 Å². The first-order chi connectivity index (χ1) is 8.49. The van der Waals surface area contributed by atoms with Crippen molar-refractivity contribution < 1.29 is 19.5 Å². The number of amides is 2. The number of aryl methyl sites for hydroxylation is 1. The summed E-state index contributed by atoms with van der Waals surface area (Å²) in [5.41, 5.74) is 0.357. The number of rotatable bonds is 3. The number of anilines is 1. The minimum absolute atomic E-state index is 0.00215. The molecule has 3 N–H and O–H groups in total. The molecule has 0 saturated carbocycles. The van der Waals surface area contributed by atoms with Crippen molar-refractivity contribution >= 4 is 34.3 Å². The molecule has 0 spiro atoms. The van der Waals surface area contributed by atoms with Crippen LogP contribution in [0.5, 0.6) is 0 Å². The van der Waals surface area contributed by atoms with Crippen LogP contribution < -0.4 is 10.6 Å². The Morgan fingerprint density at radius 3 is 2.83 bits per heavy atom. The summed E-state index contributed by atoms with van der Waals surface area (Å²) in [4.78, 5) is 33.8. The SMILES string of the molecule is Cc1nsc(NC(=O)[C@@H]2CCC(=O)N2)c1C(=O)O. The molecular formula is C10H11N3O4S. The van der Waals surface area contributed by atoms with Crippen molar-refractivity contribution in [3.05, 3.63) is 11.3 Å². The van der Waals surface area contributed by atoms with Crippen molar-refractivity contribution in [3.8, 4) is 0 Å². The zero-order valence-corrected chi connectivity index (χ0v) is 10.3. The monoisotopic (exact) mass is 269 g/mol. The van der Waals surface area contributed by atoms with E-state index in [0.29, 0.717) is 18.5 Å². The zero-order valence-electron chi connectivity index (χ0n) is 9.52. The van der Waals surface area contributed by atoms with Gasteiger partial charge < -0.3 is 15.7 Å². The highest BCUT2D eigenvalue weighted by molar-refractivity contribution is 7.11. The lowest BCUT2D eigenvalue weighted by Gasteiger charge is -2.09. The number of carbonyl (C=O) groups is 3. The molecule has 8 heteroatoms. The first kappa shape index (κ1) is 12.5. The van der Waals surface area contributed by atoms with Crippen LogP contribution >= 0.6 is 11.5 Å². The summed E-state index contributed by atoms with van der Waals surface area (Å²) < 4.78 is 3.89. The van der Waals surface area contributed by atoms with Crippen molar-refractivity contribution in [2.45, 2.75) is 25.8 Å². The lowest BCUT2D eigenvalue weighted by Crippen LogP contribution is -2.37. The first-order valence-corrected chi connectivity index (χ1v) is 6.06. The molecule has 2 heterocycles. The summed E-state index contributed by atoms with van der Waals surface area (Å²) in [5, 5.41) is 14.2. The van der Waals surface area contributed by atoms with Gasteiger partial charge in [-0.15, -0.1) is 0 Å². The number of hydrogen-bond acceptors (Lipinski definition) is 5. The molecule has 0 unspecified atom stereocenters. The maximum absolute atomic E-state index is 11.8. The number of nitrogens with zero attached hydrogens (tertiary/aromatic N) is 1. The maximum Gasteiger partial charge on any atom is 0.340 e. The van der Waals surface area contributed by atoms with E-state index in [-0.39, 0.29) is 16.5 Å². The largest absolute Gasteiger partial charge is 0.478 e. The molecule has 96 valence electrons. The van der Waals surface area contributed by atoms with Crippen LogP contribution in [0.2, 0.25) is 0 Å². The van der Waals surface area contributed by atoms with E-state index in [4.69, 9.17) is 5.11 Å². The van der Waals surface area contributed by atoms with Crippen molar-refractivity contribution in [2.24, 2.45) is 0 Å². The molecule has 1 aromatic heterocycles. The van der Waals surface area contributed by atoms with E-state index in [1.54, 1.807) is 6.92 Å². The summed E-state index contributed by atoms with van der Waals surface area (Å²) in [6.07, 6.45) is 0.733. The van der Waals surface area contributed by atoms with Gasteiger partial charge in [-0.25, -0.2) is 4.79 Å². The van der Waals surface area contributed by atoms with Gasteiger partial charge in [0.2, 0.25) is 11.8 Å². The van der Waals surface area contributed by atoms with Gasteiger partial charge in [-0.1, -0.05) is 0 Å². The van der Waals surface area contributed by atoms with E-state index in [9.17, 15) is 14.4 Å². The molecule has 1 saturated heterocycles. The predicted octanol–water partition coefficient (Wildman–Crippen LogP) is 0.367. The fourth-order valence-electron chi connectivity index (χ4n) is 1.72. The van der Waals surface area contributed by atoms with Crippen LogP contribution in [-0.4, -0.2) is 33.3 Å². The first-order valence-electron chi connectivity index (χ1n) is 5.29. The average Bonchev–Trinajstić information content (AvgIpc) is 2.85. The van der Waals surface area contributed by atoms with Gasteiger partial charge in [-0.2, -0.15) is 4.37 Å². The summed E-state index contributed by atoms with van der Waals surface area (Å²) >= 11 is 0.917. The van der Waals surface area contributed by atoms with Crippen molar-refractivity contribution in [3.63, 3.8) is 0 Å². The van der Waals surface area contributed by atoms with Crippen molar-refractivity contribution in [1.82, 2.24) is 9.69 Å². The van der Waals surface area contributed by atoms with Crippen molar-refractivity contribution in [2.75, 3.05) is 5.32 Å². The Bertz CT molecular complexity index is 525. The van der Waals surface area contributed by atoms with E-state index in [1.165, 1.54) is 0 Å². The van der Waals surface area contributed by atoms with Gasteiger partial charge >= 0.3 is 5.97 Å². The summed E-state index contributed by atoms with van der Waals surface area (Å²) in [6.45, 7) is 1.56. The van der Waals surface area contributed by atoms with Crippen LogP contribution in [0, 0.1) is 6.92 Å². The topological polar surface area (TPSA) is 108 Å². The van der Waals surface area contributed by atoms with Gasteiger partial charge in [0.15, 0.2) is 0 Å². The number of carboxylic acid groups (broad SMARTS) is 1. The summed E-state index contributed by atoms with van der Waals surface area (Å²) in [7, 11) is 0. The van der Waals surface area contributed by atoms with Crippen LogP contribution in [0.1, 0.15) is 28.9 Å². The van der Waals surface area contributed by atoms with E-state index in [0.717, 1.165) is 11.5 Å². The molecule has 0 radical (unpaired) electrons. The molecule has 1 atom stereocenters. The molecule has 18 heavy (non-hydrogen) atoms. The lowest BCUT2D eigenvalue weighted by atomic mass is 10.2. The number of carboxylic acids is 1. The van der Waals surface area contributed by atoms with E-state index >= 15 is 0 Å². The van der Waals surface area contributed by atoms with Gasteiger partial charge in [0.05, 0.1) is 5.69 Å². The molecule has 2 rings (SSSR count). The van der Waals surface area contributed by atoms with Crippen molar-refractivity contribution in [1.29, 1.82) is 0 Å². The van der Waals surface area contributed by atoms with E-state index in [2.05, 4.69) is 15.0 Å². The Balaban J connectivity index is 2.12. The number of carbonyl (C=O) groups excluding carboxylic acids is 2. The highest BCUT2D eigenvalue weighted by Gasteiger charge is 2.29. The molecule has 0 aliphatic carbocycles. The predicted molar refractivity (Wildman–Crippen MR) is 63.6 cm³/mol. The molecule has 1 aliphatic rings. The zero-order chi connectivity index (χ0) is 13.3. The molecule has 7 nitrogen and oxygen atoms in total. The molecular weight excluding hydrogens is 258 g/mol. The van der Waals surface area contributed by atoms with Gasteiger partial charge in [-0.05, 0) is 24.9 Å². The highest BCUT2D eigenvalue weighted by atomic mass is 32.1. The Hall–Kier alpha value is -1.96. The normalized spacial score (nSPS) is 18.5. The summed E-state index contributed by atoms with van der Waals surface area (Å²) in [5.74, 6) is -1.71. The standard InChI is InChI=1S/C10H11N3O4S/c1-4-7(10(16)17)9(18-13-4)12-8(15)5-2-3-6(14)11-5/h5H,2-3H2,1H3,(H,11,14)(H,12,15)(H,16,17)/t5-/m0/s1. The number of hydrogen-bond donors (Lipinski definition) is 3. The minimum atomic E-state index is -1.13. The second-order valence-corrected chi connectivity index (χ2v) is 4.70. The average molecular weight is 269 g/mol. The fourth-order valence-corrected chi connectivity index (χ4v) is 2.51. The van der Waals surface area contributed by atoms with Crippen LogP contribution in [0.25, 0.3) is 0 Å². The van der Waals surface area contributed by atoms with E-state index in [1.807, 2.05) is 0 Å². The Kier molecular flexibility index (Phi) is 3.28. The molecule has 0 aromatic carbocycles. The second kappa shape index (κ2) is 4.73. The smallest absolute Gasteiger partial charge is 0.340 e. The highest BCUT2D eigenvalue weighted by Crippen LogP contribution is 2.25. The van der Waals surface area contributed by atoms with Crippen LogP contribution in [0.3, 0.4) is 0 Å². The van der Waals surface area contributed by atoms with Crippen LogP contribution in [-0.2, 0) is 9.59 Å². The van der Waals surface area contributed by atoms with Crippen LogP contribution in [0.15, 0.2) is 0 Å². The third kappa shape index (κ3) is 2.33. The quantitative estimate of drug-likeness (QED) is 0.734. The van der Waals surface area contributed by atoms with Crippen LogP contribution in [0.4, 0.5) is 5.00 Å². The Morgan fingerprint density at radius 2 is 2.28 bits per heavy atom.